The first-order valence-corrected chi connectivity index (χ1v) is 8.09. The van der Waals surface area contributed by atoms with Crippen LogP contribution in [0, 0.1) is 24.4 Å². The summed E-state index contributed by atoms with van der Waals surface area (Å²) in [5.74, 6) is -2.68. The highest BCUT2D eigenvalue weighted by atomic mass is 32.2. The van der Waals surface area contributed by atoms with Crippen LogP contribution in [-0.2, 0) is 10.0 Å². The first-order valence-electron chi connectivity index (χ1n) is 6.61. The van der Waals surface area contributed by atoms with Gasteiger partial charge in [0.05, 0.1) is 16.6 Å². The third kappa shape index (κ3) is 3.72. The summed E-state index contributed by atoms with van der Waals surface area (Å²) >= 11 is 0. The molecule has 2 aromatic carbocycles. The summed E-state index contributed by atoms with van der Waals surface area (Å²) < 4.78 is 66.8. The lowest BCUT2D eigenvalue weighted by Gasteiger charge is -2.15. The summed E-state index contributed by atoms with van der Waals surface area (Å²) in [7, 11) is -4.14. The fourth-order valence-electron chi connectivity index (χ4n) is 2.08. The van der Waals surface area contributed by atoms with Gasteiger partial charge in [0.15, 0.2) is 0 Å². The van der Waals surface area contributed by atoms with Gasteiger partial charge in [-0.25, -0.2) is 26.3 Å². The zero-order valence-corrected chi connectivity index (χ0v) is 12.9. The number of halogens is 3. The van der Waals surface area contributed by atoms with E-state index in [4.69, 9.17) is 0 Å². The Morgan fingerprint density at radius 3 is 2.17 bits per heavy atom. The van der Waals surface area contributed by atoms with Crippen molar-refractivity contribution in [3.63, 3.8) is 0 Å². The van der Waals surface area contributed by atoms with E-state index in [9.17, 15) is 26.7 Å². The molecule has 2 aromatic rings. The summed E-state index contributed by atoms with van der Waals surface area (Å²) in [5.41, 5.74) is -0.724. The van der Waals surface area contributed by atoms with Crippen LogP contribution in [0.4, 0.5) is 13.2 Å². The van der Waals surface area contributed by atoms with E-state index in [1.165, 1.54) is 19.1 Å². The Labute approximate surface area is 131 Å². The Bertz CT molecular complexity index is 804. The smallest absolute Gasteiger partial charge is 0.241 e. The zero-order valence-electron chi connectivity index (χ0n) is 12.1. The number of rotatable bonds is 5. The lowest BCUT2D eigenvalue weighted by Crippen LogP contribution is -2.30. The van der Waals surface area contributed by atoms with Gasteiger partial charge in [0, 0.05) is 12.1 Å². The fraction of sp³-hybridized carbons (Fsp3) is 0.200. The van der Waals surface area contributed by atoms with Gasteiger partial charge < -0.3 is 5.11 Å². The molecule has 0 heterocycles. The van der Waals surface area contributed by atoms with Gasteiger partial charge in [-0.05, 0) is 31.2 Å². The molecule has 1 atom stereocenters. The highest BCUT2D eigenvalue weighted by Gasteiger charge is 2.23. The summed E-state index contributed by atoms with van der Waals surface area (Å²) in [4.78, 5) is -0.307. The first kappa shape index (κ1) is 17.5. The van der Waals surface area contributed by atoms with Gasteiger partial charge in [-0.15, -0.1) is 0 Å². The van der Waals surface area contributed by atoms with Crippen molar-refractivity contribution in [1.29, 1.82) is 0 Å². The summed E-state index contributed by atoms with van der Waals surface area (Å²) in [6.07, 6.45) is -1.72. The lowest BCUT2D eigenvalue weighted by molar-refractivity contribution is 0.172. The van der Waals surface area contributed by atoms with Gasteiger partial charge >= 0.3 is 0 Å². The standard InChI is InChI=1S/C15H14F3NO3S/c1-9-10(16)4-3-7-14(9)23(21,22)19-8-13(20)15-11(17)5-2-6-12(15)18/h2-7,13,19-20H,8H2,1H3. The molecule has 0 aliphatic heterocycles. The van der Waals surface area contributed by atoms with Crippen LogP contribution in [0.1, 0.15) is 17.2 Å². The van der Waals surface area contributed by atoms with E-state index >= 15 is 0 Å². The molecule has 23 heavy (non-hydrogen) atoms. The number of benzene rings is 2. The van der Waals surface area contributed by atoms with E-state index in [1.807, 2.05) is 4.72 Å². The molecule has 0 fully saturated rings. The van der Waals surface area contributed by atoms with Gasteiger partial charge in [0.1, 0.15) is 17.5 Å². The van der Waals surface area contributed by atoms with Gasteiger partial charge in [0.2, 0.25) is 10.0 Å². The van der Waals surface area contributed by atoms with Gasteiger partial charge in [-0.3, -0.25) is 0 Å². The molecule has 124 valence electrons. The molecule has 0 aliphatic rings. The number of sulfonamides is 1. The number of aliphatic hydroxyl groups excluding tert-OH is 1. The third-order valence-corrected chi connectivity index (χ3v) is 4.88. The monoisotopic (exact) mass is 345 g/mol. The Balaban J connectivity index is 2.21. The van der Waals surface area contributed by atoms with Crippen molar-refractivity contribution >= 4 is 10.0 Å². The van der Waals surface area contributed by atoms with E-state index < -0.39 is 45.7 Å². The second kappa shape index (κ2) is 6.69. The molecule has 0 amide bonds. The maximum Gasteiger partial charge on any atom is 0.241 e. The topological polar surface area (TPSA) is 66.4 Å². The molecule has 0 bridgehead atoms. The normalized spacial score (nSPS) is 13.1. The van der Waals surface area contributed by atoms with Crippen LogP contribution in [-0.4, -0.2) is 20.1 Å². The minimum absolute atomic E-state index is 0.0911. The molecule has 0 spiro atoms. The molecule has 4 nitrogen and oxygen atoms in total. The van der Waals surface area contributed by atoms with Crippen molar-refractivity contribution in [1.82, 2.24) is 4.72 Å². The molecule has 2 N–H and O–H groups in total. The number of hydrogen-bond acceptors (Lipinski definition) is 3. The molecular formula is C15H14F3NO3S. The van der Waals surface area contributed by atoms with Gasteiger partial charge in [-0.1, -0.05) is 12.1 Å². The second-order valence-corrected chi connectivity index (χ2v) is 6.60. The van der Waals surface area contributed by atoms with Crippen LogP contribution < -0.4 is 4.72 Å². The van der Waals surface area contributed by atoms with E-state index in [0.29, 0.717) is 0 Å². The van der Waals surface area contributed by atoms with E-state index in [0.717, 1.165) is 24.3 Å². The molecule has 0 radical (unpaired) electrons. The molecule has 2 rings (SSSR count). The molecule has 0 saturated heterocycles. The first-order chi connectivity index (χ1) is 10.7. The molecule has 8 heteroatoms. The minimum atomic E-state index is -4.14. The minimum Gasteiger partial charge on any atom is -0.387 e. The summed E-state index contributed by atoms with van der Waals surface area (Å²) in [6, 6.07) is 6.56. The quantitative estimate of drug-likeness (QED) is 0.875. The maximum absolute atomic E-state index is 13.5. The van der Waals surface area contributed by atoms with Gasteiger partial charge in [0.25, 0.3) is 0 Å². The molecule has 0 aliphatic carbocycles. The predicted molar refractivity (Wildman–Crippen MR) is 77.6 cm³/mol. The fourth-order valence-corrected chi connectivity index (χ4v) is 3.37. The summed E-state index contributed by atoms with van der Waals surface area (Å²) in [6.45, 7) is 0.632. The Morgan fingerprint density at radius 1 is 1.04 bits per heavy atom. The molecule has 1 unspecified atom stereocenters. The average Bonchev–Trinajstić information content (AvgIpc) is 2.48. The number of nitrogens with one attached hydrogen (secondary N) is 1. The maximum atomic E-state index is 13.5. The van der Waals surface area contributed by atoms with Crippen LogP contribution in [0.25, 0.3) is 0 Å². The molecule has 0 aromatic heterocycles. The molecule has 0 saturated carbocycles. The zero-order chi connectivity index (χ0) is 17.2. The second-order valence-electron chi connectivity index (χ2n) is 4.87. The number of hydrogen-bond donors (Lipinski definition) is 2. The Kier molecular flexibility index (Phi) is 5.08. The van der Waals surface area contributed by atoms with Crippen LogP contribution >= 0.6 is 0 Å². The van der Waals surface area contributed by atoms with Crippen LogP contribution in [0.5, 0.6) is 0 Å². The van der Waals surface area contributed by atoms with Crippen LogP contribution in [0.3, 0.4) is 0 Å². The van der Waals surface area contributed by atoms with Crippen molar-refractivity contribution in [2.24, 2.45) is 0 Å². The third-order valence-electron chi connectivity index (χ3n) is 3.31. The van der Waals surface area contributed by atoms with Crippen molar-refractivity contribution in [3.8, 4) is 0 Å². The number of aliphatic hydroxyl groups is 1. The predicted octanol–water partition coefficient (Wildman–Crippen LogP) is 2.42. The van der Waals surface area contributed by atoms with Crippen molar-refractivity contribution < 1.29 is 26.7 Å². The highest BCUT2D eigenvalue weighted by Crippen LogP contribution is 2.22. The summed E-state index contributed by atoms with van der Waals surface area (Å²) in [5, 5.41) is 9.84. The average molecular weight is 345 g/mol. The van der Waals surface area contributed by atoms with Gasteiger partial charge in [-0.2, -0.15) is 0 Å². The highest BCUT2D eigenvalue weighted by molar-refractivity contribution is 7.89. The van der Waals surface area contributed by atoms with Crippen molar-refractivity contribution in [3.05, 3.63) is 65.0 Å². The SMILES string of the molecule is Cc1c(F)cccc1S(=O)(=O)NCC(O)c1c(F)cccc1F. The van der Waals surface area contributed by atoms with Crippen molar-refractivity contribution in [2.45, 2.75) is 17.9 Å². The van der Waals surface area contributed by atoms with E-state index in [-0.39, 0.29) is 10.5 Å². The molecular weight excluding hydrogens is 331 g/mol. The Hall–Kier alpha value is -1.90. The van der Waals surface area contributed by atoms with E-state index in [2.05, 4.69) is 0 Å². The van der Waals surface area contributed by atoms with Crippen LogP contribution in [0.15, 0.2) is 41.3 Å². The van der Waals surface area contributed by atoms with E-state index in [1.54, 1.807) is 0 Å². The van der Waals surface area contributed by atoms with Crippen molar-refractivity contribution in [2.75, 3.05) is 6.54 Å². The largest absolute Gasteiger partial charge is 0.387 e. The lowest BCUT2D eigenvalue weighted by atomic mass is 10.1. The Morgan fingerprint density at radius 2 is 1.57 bits per heavy atom. The van der Waals surface area contributed by atoms with Crippen LogP contribution in [0.2, 0.25) is 0 Å².